The Morgan fingerprint density at radius 3 is 2.59 bits per heavy atom. The first kappa shape index (κ1) is 27.3. The second kappa shape index (κ2) is 10.9. The van der Waals surface area contributed by atoms with Gasteiger partial charge in [0.15, 0.2) is 17.3 Å². The summed E-state index contributed by atoms with van der Waals surface area (Å²) in [7, 11) is 0. The Kier molecular flexibility index (Phi) is 8.03. The van der Waals surface area contributed by atoms with Gasteiger partial charge in [0, 0.05) is 24.6 Å². The summed E-state index contributed by atoms with van der Waals surface area (Å²) >= 11 is 0. The first-order valence-corrected chi connectivity index (χ1v) is 12.0. The molecule has 0 aromatic heterocycles. The van der Waals surface area contributed by atoms with E-state index in [1.165, 1.54) is 4.90 Å². The van der Waals surface area contributed by atoms with Crippen molar-refractivity contribution in [1.29, 1.82) is 0 Å². The van der Waals surface area contributed by atoms with Crippen molar-refractivity contribution in [2.75, 3.05) is 24.7 Å². The molecule has 2 fully saturated rings. The van der Waals surface area contributed by atoms with Crippen molar-refractivity contribution in [1.82, 2.24) is 5.32 Å². The molecule has 200 valence electrons. The van der Waals surface area contributed by atoms with Crippen molar-refractivity contribution >= 4 is 30.0 Å². The van der Waals surface area contributed by atoms with Gasteiger partial charge in [-0.1, -0.05) is 30.3 Å². The van der Waals surface area contributed by atoms with Gasteiger partial charge < -0.3 is 25.0 Å². The molecule has 0 spiro atoms. The van der Waals surface area contributed by atoms with Gasteiger partial charge in [-0.2, -0.15) is 4.39 Å². The molecule has 1 aliphatic carbocycles. The largest absolute Gasteiger partial charge is 0.487 e. The number of nitrogens with zero attached hydrogens (tertiary/aromatic N) is 1. The van der Waals surface area contributed by atoms with Gasteiger partial charge in [-0.3, -0.25) is 9.69 Å². The van der Waals surface area contributed by atoms with Crippen molar-refractivity contribution in [2.45, 2.75) is 50.0 Å². The van der Waals surface area contributed by atoms with E-state index in [2.05, 4.69) is 5.32 Å². The van der Waals surface area contributed by atoms with Crippen LogP contribution in [0.2, 0.25) is 0 Å². The number of fused-ring (bicyclic) bond motifs is 1. The third kappa shape index (κ3) is 5.57. The summed E-state index contributed by atoms with van der Waals surface area (Å²) in [5.74, 6) is -3.46. The van der Waals surface area contributed by atoms with Crippen molar-refractivity contribution < 1.29 is 38.1 Å². The second-order valence-electron chi connectivity index (χ2n) is 9.82. The normalized spacial score (nSPS) is 24.9. The quantitative estimate of drug-likeness (QED) is 0.496. The lowest BCUT2D eigenvalue weighted by atomic mass is 9.91. The Bertz CT molecular complexity index is 1170. The molecule has 3 N–H and O–H groups in total. The van der Waals surface area contributed by atoms with Crippen LogP contribution in [-0.4, -0.2) is 59.5 Å². The average Bonchev–Trinajstić information content (AvgIpc) is 3.66. The average molecular weight is 539 g/mol. The van der Waals surface area contributed by atoms with Crippen molar-refractivity contribution in [3.8, 4) is 5.75 Å². The molecule has 2 heterocycles. The van der Waals surface area contributed by atoms with Gasteiger partial charge in [0.05, 0.1) is 12.6 Å². The van der Waals surface area contributed by atoms with Gasteiger partial charge in [0.25, 0.3) is 0 Å². The van der Waals surface area contributed by atoms with Crippen LogP contribution in [0.1, 0.15) is 41.6 Å². The summed E-state index contributed by atoms with van der Waals surface area (Å²) in [6, 6.07) is 8.84. The highest BCUT2D eigenvalue weighted by Gasteiger charge is 2.47. The molecule has 8 nitrogen and oxygen atoms in total. The summed E-state index contributed by atoms with van der Waals surface area (Å²) in [5, 5.41) is 22.6. The van der Waals surface area contributed by atoms with E-state index >= 15 is 4.39 Å². The summed E-state index contributed by atoms with van der Waals surface area (Å²) in [6.07, 6.45) is 0.961. The number of Topliss-reactive ketones (excluding diaryl/α,β-unsaturated/α-hetero) is 1. The topological polar surface area (TPSA) is 108 Å². The number of hydrogen-bond acceptors (Lipinski definition) is 7. The maximum absolute atomic E-state index is 15.1. The third-order valence-corrected chi connectivity index (χ3v) is 7.06. The third-order valence-electron chi connectivity index (χ3n) is 7.06. The van der Waals surface area contributed by atoms with Gasteiger partial charge in [-0.25, -0.2) is 9.18 Å². The highest BCUT2D eigenvalue weighted by Crippen LogP contribution is 2.48. The number of carbonyl (C=O) groups excluding carboxylic acids is 2. The predicted octanol–water partition coefficient (Wildman–Crippen LogP) is 3.36. The molecule has 1 amide bonds. The first-order valence-electron chi connectivity index (χ1n) is 12.0. The molecule has 2 aliphatic heterocycles. The maximum Gasteiger partial charge on any atom is 0.415 e. The number of benzene rings is 2. The molecule has 2 aromatic rings. The van der Waals surface area contributed by atoms with E-state index in [4.69, 9.17) is 9.47 Å². The lowest BCUT2D eigenvalue weighted by Gasteiger charge is -2.37. The fourth-order valence-electron chi connectivity index (χ4n) is 4.97. The minimum atomic E-state index is -1.34. The molecule has 3 atom stereocenters. The van der Waals surface area contributed by atoms with Crippen LogP contribution in [0.5, 0.6) is 5.75 Å². The maximum atomic E-state index is 15.1. The molecule has 37 heavy (non-hydrogen) atoms. The zero-order valence-corrected chi connectivity index (χ0v) is 20.8. The smallest absolute Gasteiger partial charge is 0.415 e. The fourth-order valence-corrected chi connectivity index (χ4v) is 4.97. The van der Waals surface area contributed by atoms with Crippen LogP contribution in [0, 0.1) is 17.6 Å². The predicted molar refractivity (Wildman–Crippen MR) is 132 cm³/mol. The van der Waals surface area contributed by atoms with Gasteiger partial charge in [-0.15, -0.1) is 12.4 Å². The van der Waals surface area contributed by atoms with Crippen LogP contribution in [0.4, 0.5) is 19.3 Å². The molecule has 3 aliphatic rings. The number of anilines is 1. The number of aliphatic hydroxyl groups excluding tert-OH is 1. The Balaban J connectivity index is 0.00000320. The molecule has 1 saturated heterocycles. The van der Waals surface area contributed by atoms with E-state index in [1.54, 1.807) is 12.1 Å². The van der Waals surface area contributed by atoms with Gasteiger partial charge in [0.2, 0.25) is 5.82 Å². The molecule has 1 saturated carbocycles. The number of ketones is 1. The van der Waals surface area contributed by atoms with E-state index < -0.39 is 53.6 Å². The summed E-state index contributed by atoms with van der Waals surface area (Å²) < 4.78 is 40.9. The lowest BCUT2D eigenvalue weighted by molar-refractivity contribution is 0.000237. The van der Waals surface area contributed by atoms with Crippen LogP contribution in [0.3, 0.4) is 0 Å². The summed E-state index contributed by atoms with van der Waals surface area (Å²) in [6.45, 7) is -0.549. The van der Waals surface area contributed by atoms with E-state index in [0.717, 1.165) is 24.5 Å². The van der Waals surface area contributed by atoms with E-state index in [-0.39, 0.29) is 62.2 Å². The number of rotatable bonds is 7. The molecule has 0 bridgehead atoms. The standard InChI is InChI=1S/C26H28F2N2O6.ClH/c27-19-8-18-21(32)9-20(16-6-7-16)30(25(33)36-11-15-4-2-1-3-5-15)23(18)24(22(19)28)35-12-17-10-26(34,14-31)13-29-17;/h1-5,8,16-17,20,29,31,34H,6-7,9-14H2;1H/t17-,20-,26-;/m0./s1. The van der Waals surface area contributed by atoms with E-state index in [9.17, 15) is 24.2 Å². The zero-order valence-electron chi connectivity index (χ0n) is 20.0. The molecular weight excluding hydrogens is 510 g/mol. The molecule has 0 unspecified atom stereocenters. The van der Waals surface area contributed by atoms with Crippen molar-refractivity contribution in [2.24, 2.45) is 5.92 Å². The monoisotopic (exact) mass is 538 g/mol. The SMILES string of the molecule is Cl.O=C1C[C@@H](C2CC2)N(C(=O)OCc2ccccc2)c2c1cc(F)c(F)c2OC[C@@H]1C[C@@](O)(CO)CN1. The zero-order chi connectivity index (χ0) is 25.4. The van der Waals surface area contributed by atoms with Gasteiger partial charge >= 0.3 is 6.09 Å². The van der Waals surface area contributed by atoms with Crippen LogP contribution in [-0.2, 0) is 11.3 Å². The Hall–Kier alpha value is -2.79. The molecular formula is C26H29ClF2N2O6. The number of β-amino-alcohol motifs (C(OH)–C–C–N with tert-alkyl or cyclic N) is 1. The number of amides is 1. The van der Waals surface area contributed by atoms with Crippen LogP contribution in [0.25, 0.3) is 0 Å². The number of hydrogen-bond donors (Lipinski definition) is 3. The highest BCUT2D eigenvalue weighted by atomic mass is 35.5. The van der Waals surface area contributed by atoms with Crippen LogP contribution in [0.15, 0.2) is 36.4 Å². The van der Waals surface area contributed by atoms with Crippen molar-refractivity contribution in [3.63, 3.8) is 0 Å². The lowest BCUT2D eigenvalue weighted by Crippen LogP contribution is -2.47. The van der Waals surface area contributed by atoms with E-state index in [1.807, 2.05) is 18.2 Å². The number of aliphatic hydroxyl groups is 2. The minimum absolute atomic E-state index is 0. The molecule has 5 rings (SSSR count). The highest BCUT2D eigenvalue weighted by molar-refractivity contribution is 6.10. The summed E-state index contributed by atoms with van der Waals surface area (Å²) in [4.78, 5) is 27.6. The van der Waals surface area contributed by atoms with Crippen LogP contribution >= 0.6 is 12.4 Å². The molecule has 0 radical (unpaired) electrons. The molecule has 11 heteroatoms. The Morgan fingerprint density at radius 1 is 1.22 bits per heavy atom. The number of ether oxygens (including phenoxy) is 2. The number of carbonyl (C=O) groups is 2. The fraction of sp³-hybridized carbons (Fsp3) is 0.462. The van der Waals surface area contributed by atoms with Crippen molar-refractivity contribution in [3.05, 3.63) is 59.2 Å². The second-order valence-corrected chi connectivity index (χ2v) is 9.82. The van der Waals surface area contributed by atoms with Gasteiger partial charge in [0.1, 0.15) is 24.5 Å². The Labute approximate surface area is 219 Å². The van der Waals surface area contributed by atoms with Gasteiger partial charge in [-0.05, 0) is 36.8 Å². The minimum Gasteiger partial charge on any atom is -0.487 e. The first-order chi connectivity index (χ1) is 17.3. The summed E-state index contributed by atoms with van der Waals surface area (Å²) in [5.41, 5.74) is -0.847. The molecule has 2 aromatic carbocycles. The number of halogens is 3. The Morgan fingerprint density at radius 2 is 1.95 bits per heavy atom. The van der Waals surface area contributed by atoms with Crippen LogP contribution < -0.4 is 15.0 Å². The number of nitrogens with one attached hydrogen (secondary N) is 1. The van der Waals surface area contributed by atoms with E-state index in [0.29, 0.717) is 0 Å².